The number of rotatable bonds is 54. The fourth-order valence-electron chi connectivity index (χ4n) is 8.70. The Kier molecular flexibility index (Phi) is 60.7. The van der Waals surface area contributed by atoms with Gasteiger partial charge in [-0.3, -0.25) is 9.59 Å². The molecule has 0 heterocycles. The molecule has 0 rings (SSSR count). The zero-order valence-electron chi connectivity index (χ0n) is 45.0. The van der Waals surface area contributed by atoms with Crippen LogP contribution in [0.2, 0.25) is 0 Å². The lowest BCUT2D eigenvalue weighted by molar-refractivity contribution is -0.151. The Balaban J connectivity index is 0. The lowest BCUT2D eigenvalue weighted by atomic mass is 10.0. The number of aliphatic hydroxyl groups excluding tert-OH is 2. The third kappa shape index (κ3) is 57.1. The number of hydrogen-bond donors (Lipinski definition) is 4. The molecular weight excluding hydrogens is 821 g/mol. The Bertz CT molecular complexity index is 818. The molecule has 0 aliphatic rings. The first-order chi connectivity index (χ1) is 32.5. The molecule has 0 atom stereocenters. The number of esters is 2. The van der Waals surface area contributed by atoms with Crippen molar-refractivity contribution in [3.63, 3.8) is 0 Å². The van der Waals surface area contributed by atoms with Crippen LogP contribution in [0.15, 0.2) is 0 Å². The van der Waals surface area contributed by atoms with E-state index in [1.54, 1.807) is 0 Å². The molecule has 0 saturated carbocycles. The van der Waals surface area contributed by atoms with Gasteiger partial charge in [0.05, 0.1) is 0 Å². The van der Waals surface area contributed by atoms with Crippen LogP contribution in [0.1, 0.15) is 310 Å². The maximum absolute atomic E-state index is 12.4. The van der Waals surface area contributed by atoms with E-state index in [0.717, 1.165) is 103 Å². The molecular formula is C58H118N2O6. The number of ether oxygens (including phenoxy) is 2. The van der Waals surface area contributed by atoms with Crippen molar-refractivity contribution >= 4 is 11.9 Å². The van der Waals surface area contributed by atoms with Gasteiger partial charge < -0.3 is 30.3 Å². The van der Waals surface area contributed by atoms with Gasteiger partial charge in [-0.15, -0.1) is 0 Å². The number of unbranched alkanes of at least 4 members (excludes halogenated alkanes) is 30. The SMILES string of the molecule is CCCCCCCCC(CCCCCCCC)OC(=O)CCCCCCCNCCCCO.CCCCCCCCC(CCCCCCCC)OC(=O)CCCCCCCNCCCCO. The normalized spacial score (nSPS) is 11.4. The molecule has 8 heteroatoms. The van der Waals surface area contributed by atoms with Gasteiger partial charge in [0.1, 0.15) is 12.2 Å². The van der Waals surface area contributed by atoms with E-state index in [-0.39, 0.29) is 24.1 Å². The monoisotopic (exact) mass is 939 g/mol. The molecule has 0 aliphatic heterocycles. The summed E-state index contributed by atoms with van der Waals surface area (Å²) in [7, 11) is 0. The molecule has 0 aromatic heterocycles. The largest absolute Gasteiger partial charge is 0.462 e. The second kappa shape index (κ2) is 59.9. The highest BCUT2D eigenvalue weighted by Crippen LogP contribution is 2.20. The van der Waals surface area contributed by atoms with Gasteiger partial charge in [-0.1, -0.05) is 195 Å². The summed E-state index contributed by atoms with van der Waals surface area (Å²) in [6, 6.07) is 0. The first-order valence-electron chi connectivity index (χ1n) is 29.5. The minimum atomic E-state index is 0.0301. The number of carbonyl (C=O) groups is 2. The predicted molar refractivity (Wildman–Crippen MR) is 286 cm³/mol. The predicted octanol–water partition coefficient (Wildman–Crippen LogP) is 16.2. The van der Waals surface area contributed by atoms with Gasteiger partial charge in [0.2, 0.25) is 0 Å². The van der Waals surface area contributed by atoms with Crippen LogP contribution in [0, 0.1) is 0 Å². The molecule has 0 unspecified atom stereocenters. The maximum atomic E-state index is 12.4. The van der Waals surface area contributed by atoms with Crippen LogP contribution in [-0.4, -0.2) is 73.8 Å². The summed E-state index contributed by atoms with van der Waals surface area (Å²) in [6.07, 6.45) is 52.1. The number of aliphatic hydroxyl groups is 2. The van der Waals surface area contributed by atoms with E-state index in [1.807, 2.05) is 0 Å². The van der Waals surface area contributed by atoms with Crippen molar-refractivity contribution in [2.75, 3.05) is 39.4 Å². The Morgan fingerprint density at radius 1 is 0.318 bits per heavy atom. The molecule has 0 saturated heterocycles. The van der Waals surface area contributed by atoms with Crippen molar-refractivity contribution in [1.82, 2.24) is 10.6 Å². The van der Waals surface area contributed by atoms with Crippen LogP contribution in [0.25, 0.3) is 0 Å². The lowest BCUT2D eigenvalue weighted by Gasteiger charge is -2.18. The van der Waals surface area contributed by atoms with Crippen molar-refractivity contribution in [1.29, 1.82) is 0 Å². The average molecular weight is 940 g/mol. The highest BCUT2D eigenvalue weighted by Gasteiger charge is 2.16. The van der Waals surface area contributed by atoms with Gasteiger partial charge in [-0.25, -0.2) is 0 Å². The fraction of sp³-hybridized carbons (Fsp3) is 0.966. The molecule has 66 heavy (non-hydrogen) atoms. The first kappa shape index (κ1) is 66.9. The number of carbonyl (C=O) groups excluding carboxylic acids is 2. The zero-order chi connectivity index (χ0) is 48.5. The highest BCUT2D eigenvalue weighted by atomic mass is 16.5. The molecule has 0 amide bonds. The summed E-state index contributed by atoms with van der Waals surface area (Å²) in [4.78, 5) is 24.8. The smallest absolute Gasteiger partial charge is 0.306 e. The van der Waals surface area contributed by atoms with Crippen molar-refractivity contribution in [2.24, 2.45) is 0 Å². The van der Waals surface area contributed by atoms with E-state index >= 15 is 0 Å². The van der Waals surface area contributed by atoms with E-state index in [9.17, 15) is 9.59 Å². The van der Waals surface area contributed by atoms with Crippen molar-refractivity contribution in [2.45, 2.75) is 322 Å². The molecule has 4 N–H and O–H groups in total. The standard InChI is InChI=1S/2C29H59NO3/c2*1-3-5-7-9-12-16-22-28(23-17-13-10-8-6-4-2)33-29(32)24-18-14-11-15-19-25-30-26-20-21-27-31/h2*28,30-31H,3-27H2,1-2H3. The van der Waals surface area contributed by atoms with Crippen LogP contribution < -0.4 is 10.6 Å². The molecule has 0 radical (unpaired) electrons. The summed E-state index contributed by atoms with van der Waals surface area (Å²) in [6.45, 7) is 13.8. The van der Waals surface area contributed by atoms with Gasteiger partial charge in [0.25, 0.3) is 0 Å². The van der Waals surface area contributed by atoms with E-state index in [4.69, 9.17) is 19.7 Å². The second-order valence-electron chi connectivity index (χ2n) is 19.8. The quantitative estimate of drug-likeness (QED) is 0.0352. The van der Waals surface area contributed by atoms with Gasteiger partial charge in [-0.05, 0) is 129 Å². The molecule has 0 spiro atoms. The molecule has 0 fully saturated rings. The lowest BCUT2D eigenvalue weighted by Crippen LogP contribution is -2.18. The van der Waals surface area contributed by atoms with Crippen molar-refractivity contribution in [3.05, 3.63) is 0 Å². The molecule has 0 aromatic rings. The van der Waals surface area contributed by atoms with E-state index in [1.165, 1.54) is 193 Å². The van der Waals surface area contributed by atoms with Gasteiger partial charge in [0.15, 0.2) is 0 Å². The van der Waals surface area contributed by atoms with E-state index in [0.29, 0.717) is 26.1 Å². The topological polar surface area (TPSA) is 117 Å². The summed E-state index contributed by atoms with van der Waals surface area (Å²) in [5.74, 6) is 0.0602. The van der Waals surface area contributed by atoms with Gasteiger partial charge >= 0.3 is 11.9 Å². The van der Waals surface area contributed by atoms with E-state index < -0.39 is 0 Å². The fourth-order valence-corrected chi connectivity index (χ4v) is 8.70. The Morgan fingerprint density at radius 2 is 0.545 bits per heavy atom. The Hall–Kier alpha value is -1.22. The number of hydrogen-bond acceptors (Lipinski definition) is 8. The van der Waals surface area contributed by atoms with Gasteiger partial charge in [0, 0.05) is 26.1 Å². The van der Waals surface area contributed by atoms with Crippen LogP contribution >= 0.6 is 0 Å². The summed E-state index contributed by atoms with van der Waals surface area (Å²) in [5.41, 5.74) is 0. The zero-order valence-corrected chi connectivity index (χ0v) is 45.0. The average Bonchev–Trinajstić information content (AvgIpc) is 3.31. The van der Waals surface area contributed by atoms with Crippen LogP contribution in [-0.2, 0) is 19.1 Å². The van der Waals surface area contributed by atoms with Crippen LogP contribution in [0.4, 0.5) is 0 Å². The maximum Gasteiger partial charge on any atom is 0.306 e. The molecule has 0 bridgehead atoms. The third-order valence-corrected chi connectivity index (χ3v) is 13.1. The molecule has 0 aliphatic carbocycles. The first-order valence-corrected chi connectivity index (χ1v) is 29.5. The van der Waals surface area contributed by atoms with Crippen molar-refractivity contribution < 1.29 is 29.3 Å². The number of nitrogens with one attached hydrogen (secondary N) is 2. The summed E-state index contributed by atoms with van der Waals surface area (Å²) in [5, 5.41) is 24.4. The van der Waals surface area contributed by atoms with Crippen LogP contribution in [0.3, 0.4) is 0 Å². The minimum absolute atomic E-state index is 0.0301. The minimum Gasteiger partial charge on any atom is -0.462 e. The second-order valence-corrected chi connectivity index (χ2v) is 19.8. The molecule has 8 nitrogen and oxygen atoms in total. The molecule has 396 valence electrons. The Labute approximate surface area is 412 Å². The highest BCUT2D eigenvalue weighted by molar-refractivity contribution is 5.69. The summed E-state index contributed by atoms with van der Waals surface area (Å²) < 4.78 is 11.9. The van der Waals surface area contributed by atoms with Crippen molar-refractivity contribution in [3.8, 4) is 0 Å². The van der Waals surface area contributed by atoms with Gasteiger partial charge in [-0.2, -0.15) is 0 Å². The Morgan fingerprint density at radius 3 is 0.818 bits per heavy atom. The summed E-state index contributed by atoms with van der Waals surface area (Å²) >= 11 is 0. The van der Waals surface area contributed by atoms with E-state index in [2.05, 4.69) is 38.3 Å². The van der Waals surface area contributed by atoms with Crippen LogP contribution in [0.5, 0.6) is 0 Å². The molecule has 0 aromatic carbocycles. The third-order valence-electron chi connectivity index (χ3n) is 13.1.